The molecule has 2 aromatic heterocycles. The van der Waals surface area contributed by atoms with Crippen LogP contribution in [-0.4, -0.2) is 24.4 Å². The Kier molecular flexibility index (Phi) is 4.48. The molecule has 23 heavy (non-hydrogen) atoms. The molecular formula is C18H20N2O3. The first-order valence-electron chi connectivity index (χ1n) is 7.61. The molecule has 5 nitrogen and oxygen atoms in total. The van der Waals surface area contributed by atoms with Crippen molar-refractivity contribution in [1.82, 2.24) is 10.2 Å². The first-order chi connectivity index (χ1) is 11.1. The van der Waals surface area contributed by atoms with E-state index in [1.54, 1.807) is 12.3 Å². The molecule has 0 saturated heterocycles. The van der Waals surface area contributed by atoms with Crippen LogP contribution in [0.5, 0.6) is 0 Å². The molecular weight excluding hydrogens is 292 g/mol. The molecule has 3 rings (SSSR count). The maximum atomic E-state index is 12.0. The molecule has 0 spiro atoms. The third kappa shape index (κ3) is 3.63. The largest absolute Gasteiger partial charge is 0.467 e. The van der Waals surface area contributed by atoms with Crippen LogP contribution in [0, 0.1) is 0 Å². The summed E-state index contributed by atoms with van der Waals surface area (Å²) in [5, 5.41) is 3.92. The van der Waals surface area contributed by atoms with Crippen LogP contribution in [0.4, 0.5) is 0 Å². The highest BCUT2D eigenvalue weighted by atomic mass is 16.3. The smallest absolute Gasteiger partial charge is 0.234 e. The van der Waals surface area contributed by atoms with Crippen molar-refractivity contribution in [3.8, 4) is 0 Å². The molecule has 0 fully saturated rings. The minimum absolute atomic E-state index is 0.0109. The first kappa shape index (κ1) is 15.4. The fourth-order valence-corrected chi connectivity index (χ4v) is 2.44. The number of nitrogens with zero attached hydrogens (tertiary/aromatic N) is 1. The number of nitrogens with one attached hydrogen (secondary N) is 1. The molecule has 0 saturated carbocycles. The number of hydrogen-bond acceptors (Lipinski definition) is 4. The van der Waals surface area contributed by atoms with E-state index in [1.165, 1.54) is 0 Å². The Bertz CT molecular complexity index is 744. The summed E-state index contributed by atoms with van der Waals surface area (Å²) in [4.78, 5) is 14.0. The van der Waals surface area contributed by atoms with Crippen LogP contribution >= 0.6 is 0 Å². The van der Waals surface area contributed by atoms with Crippen molar-refractivity contribution in [3.63, 3.8) is 0 Å². The molecule has 2 heterocycles. The Labute approximate surface area is 134 Å². The number of likely N-dealkylation sites (N-methyl/N-ethyl adjacent to an activating group) is 1. The zero-order chi connectivity index (χ0) is 16.2. The van der Waals surface area contributed by atoms with Crippen molar-refractivity contribution in [2.75, 3.05) is 13.6 Å². The summed E-state index contributed by atoms with van der Waals surface area (Å²) in [5.41, 5.74) is 0.866. The molecule has 0 aliphatic carbocycles. The minimum Gasteiger partial charge on any atom is -0.467 e. The zero-order valence-corrected chi connectivity index (χ0v) is 13.3. The van der Waals surface area contributed by atoms with E-state index in [4.69, 9.17) is 8.83 Å². The van der Waals surface area contributed by atoms with E-state index in [0.717, 1.165) is 22.5 Å². The second-order valence-electron chi connectivity index (χ2n) is 5.63. The summed E-state index contributed by atoms with van der Waals surface area (Å²) in [5.74, 6) is 1.55. The van der Waals surface area contributed by atoms with Gasteiger partial charge in [-0.1, -0.05) is 18.2 Å². The van der Waals surface area contributed by atoms with Crippen LogP contribution in [0.2, 0.25) is 0 Å². The molecule has 0 bridgehead atoms. The summed E-state index contributed by atoms with van der Waals surface area (Å²) in [7, 11) is 1.91. The quantitative estimate of drug-likeness (QED) is 0.758. The fraction of sp³-hybridized carbons (Fsp3) is 0.278. The number of carbonyl (C=O) groups is 1. The van der Waals surface area contributed by atoms with Crippen LogP contribution in [0.1, 0.15) is 24.5 Å². The number of carbonyl (C=O) groups excluding carboxylic acids is 1. The maximum absolute atomic E-state index is 12.0. The Hall–Kier alpha value is -2.53. The average molecular weight is 312 g/mol. The van der Waals surface area contributed by atoms with Crippen molar-refractivity contribution in [1.29, 1.82) is 0 Å². The summed E-state index contributed by atoms with van der Waals surface area (Å²) in [6, 6.07) is 13.6. The number of fused-ring (bicyclic) bond motifs is 1. The molecule has 0 aliphatic rings. The zero-order valence-electron chi connectivity index (χ0n) is 13.3. The van der Waals surface area contributed by atoms with E-state index in [9.17, 15) is 4.79 Å². The molecule has 3 aromatic rings. The van der Waals surface area contributed by atoms with Crippen LogP contribution < -0.4 is 5.32 Å². The molecule has 1 unspecified atom stereocenters. The fourth-order valence-electron chi connectivity index (χ4n) is 2.44. The van der Waals surface area contributed by atoms with Crippen molar-refractivity contribution >= 4 is 16.9 Å². The van der Waals surface area contributed by atoms with E-state index >= 15 is 0 Å². The van der Waals surface area contributed by atoms with E-state index in [-0.39, 0.29) is 11.9 Å². The van der Waals surface area contributed by atoms with E-state index in [1.807, 2.05) is 55.3 Å². The van der Waals surface area contributed by atoms with Gasteiger partial charge in [-0.2, -0.15) is 0 Å². The highest BCUT2D eigenvalue weighted by Gasteiger charge is 2.18. The third-order valence-electron chi connectivity index (χ3n) is 3.95. The van der Waals surface area contributed by atoms with Crippen molar-refractivity contribution in [2.24, 2.45) is 0 Å². The lowest BCUT2D eigenvalue weighted by molar-refractivity contribution is -0.122. The summed E-state index contributed by atoms with van der Waals surface area (Å²) in [6.07, 6.45) is 1.59. The second kappa shape index (κ2) is 6.71. The number of benzene rings is 1. The monoisotopic (exact) mass is 312 g/mol. The average Bonchev–Trinajstić information content (AvgIpc) is 3.21. The molecule has 1 amide bonds. The normalized spacial score (nSPS) is 12.7. The molecule has 5 heteroatoms. The topological polar surface area (TPSA) is 58.6 Å². The standard InChI is InChI=1S/C18H20N2O3/c1-13(17-10-14-6-3-4-8-16(14)23-17)20(2)12-18(21)19-11-15-7-5-9-22-15/h3-10,13H,11-12H2,1-2H3,(H,19,21). The number of rotatable bonds is 6. The summed E-state index contributed by atoms with van der Waals surface area (Å²) in [6.45, 7) is 2.72. The van der Waals surface area contributed by atoms with Gasteiger partial charge in [-0.3, -0.25) is 9.69 Å². The highest BCUT2D eigenvalue weighted by molar-refractivity contribution is 5.78. The molecule has 120 valence electrons. The van der Waals surface area contributed by atoms with Gasteiger partial charge in [0.05, 0.1) is 25.4 Å². The Balaban J connectivity index is 1.58. The van der Waals surface area contributed by atoms with Gasteiger partial charge in [0.1, 0.15) is 17.1 Å². The van der Waals surface area contributed by atoms with Crippen molar-refractivity contribution < 1.29 is 13.6 Å². The number of hydrogen-bond donors (Lipinski definition) is 1. The lowest BCUT2D eigenvalue weighted by Gasteiger charge is -2.22. The molecule has 1 atom stereocenters. The molecule has 1 aromatic carbocycles. The summed E-state index contributed by atoms with van der Waals surface area (Å²) < 4.78 is 11.1. The number of para-hydroxylation sites is 1. The third-order valence-corrected chi connectivity index (χ3v) is 3.95. The van der Waals surface area contributed by atoms with Gasteiger partial charge in [0.2, 0.25) is 5.91 Å². The molecule has 1 N–H and O–H groups in total. The van der Waals surface area contributed by atoms with Crippen LogP contribution in [0.25, 0.3) is 11.0 Å². The molecule has 0 aliphatic heterocycles. The number of amides is 1. The number of furan rings is 2. The second-order valence-corrected chi connectivity index (χ2v) is 5.63. The summed E-state index contributed by atoms with van der Waals surface area (Å²) >= 11 is 0. The van der Waals surface area contributed by atoms with E-state index < -0.39 is 0 Å². The van der Waals surface area contributed by atoms with Crippen LogP contribution in [0.3, 0.4) is 0 Å². The van der Waals surface area contributed by atoms with E-state index in [0.29, 0.717) is 13.1 Å². The van der Waals surface area contributed by atoms with Gasteiger partial charge in [0.15, 0.2) is 0 Å². The maximum Gasteiger partial charge on any atom is 0.234 e. The van der Waals surface area contributed by atoms with Gasteiger partial charge in [-0.25, -0.2) is 0 Å². The van der Waals surface area contributed by atoms with Crippen LogP contribution in [-0.2, 0) is 11.3 Å². The Morgan fingerprint density at radius 2 is 2.09 bits per heavy atom. The van der Waals surface area contributed by atoms with Crippen molar-refractivity contribution in [2.45, 2.75) is 19.5 Å². The van der Waals surface area contributed by atoms with Gasteiger partial charge in [-0.05, 0) is 38.2 Å². The van der Waals surface area contributed by atoms with Crippen molar-refractivity contribution in [3.05, 3.63) is 60.2 Å². The lowest BCUT2D eigenvalue weighted by atomic mass is 10.2. The highest BCUT2D eigenvalue weighted by Crippen LogP contribution is 2.26. The predicted octanol–water partition coefficient (Wildman–Crippen LogP) is 3.34. The van der Waals surface area contributed by atoms with Crippen LogP contribution in [0.15, 0.2) is 57.6 Å². The van der Waals surface area contributed by atoms with Gasteiger partial charge in [-0.15, -0.1) is 0 Å². The van der Waals surface area contributed by atoms with E-state index in [2.05, 4.69) is 5.32 Å². The lowest BCUT2D eigenvalue weighted by Crippen LogP contribution is -2.35. The van der Waals surface area contributed by atoms with Gasteiger partial charge >= 0.3 is 0 Å². The molecule has 0 radical (unpaired) electrons. The predicted molar refractivity (Wildman–Crippen MR) is 87.8 cm³/mol. The first-order valence-corrected chi connectivity index (χ1v) is 7.61. The Morgan fingerprint density at radius 3 is 2.83 bits per heavy atom. The van der Waals surface area contributed by atoms with Gasteiger partial charge in [0.25, 0.3) is 0 Å². The van der Waals surface area contributed by atoms with Gasteiger partial charge < -0.3 is 14.2 Å². The Morgan fingerprint density at radius 1 is 1.26 bits per heavy atom. The van der Waals surface area contributed by atoms with Gasteiger partial charge in [0, 0.05) is 5.39 Å². The SMILES string of the molecule is CC(c1cc2ccccc2o1)N(C)CC(=O)NCc1ccco1. The minimum atomic E-state index is -0.0492.